The molecule has 1 saturated heterocycles. The highest BCUT2D eigenvalue weighted by Crippen LogP contribution is 2.26. The lowest BCUT2D eigenvalue weighted by atomic mass is 9.97. The summed E-state index contributed by atoms with van der Waals surface area (Å²) in [6.45, 7) is 4.21. The van der Waals surface area contributed by atoms with E-state index in [1.807, 2.05) is 18.2 Å². The lowest BCUT2D eigenvalue weighted by Gasteiger charge is -2.22. The van der Waals surface area contributed by atoms with Crippen molar-refractivity contribution in [1.29, 1.82) is 0 Å². The molecule has 122 valence electrons. The molecule has 0 radical (unpaired) electrons. The van der Waals surface area contributed by atoms with E-state index in [2.05, 4.69) is 5.32 Å². The van der Waals surface area contributed by atoms with Gasteiger partial charge in [-0.15, -0.1) is 0 Å². The van der Waals surface area contributed by atoms with Gasteiger partial charge in [-0.05, 0) is 43.4 Å². The number of hydrogen-bond acceptors (Lipinski definition) is 4. The first kappa shape index (κ1) is 16.6. The number of rotatable bonds is 4. The fourth-order valence-corrected chi connectivity index (χ4v) is 2.69. The molecule has 1 aromatic carbocycles. The third-order valence-corrected chi connectivity index (χ3v) is 4.30. The summed E-state index contributed by atoms with van der Waals surface area (Å²) in [6.07, 6.45) is 4.72. The van der Waals surface area contributed by atoms with Gasteiger partial charge in [0.25, 0.3) is 0 Å². The van der Waals surface area contributed by atoms with Crippen molar-refractivity contribution in [3.63, 3.8) is 0 Å². The molecule has 1 aliphatic heterocycles. The molecule has 1 heterocycles. The minimum Gasteiger partial charge on any atom is -0.397 e. The number of amides is 1. The Hall–Kier alpha value is -1.75. The molecule has 0 aliphatic carbocycles. The van der Waals surface area contributed by atoms with Crippen LogP contribution < -0.4 is 16.0 Å². The van der Waals surface area contributed by atoms with Crippen molar-refractivity contribution in [3.8, 4) is 0 Å². The Balaban J connectivity index is 1.93. The molecule has 1 amide bonds. The molecule has 1 unspecified atom stereocenters. The summed E-state index contributed by atoms with van der Waals surface area (Å²) in [7, 11) is 1.75. The predicted octanol–water partition coefficient (Wildman–Crippen LogP) is 2.87. The lowest BCUT2D eigenvalue weighted by Crippen LogP contribution is -2.23. The van der Waals surface area contributed by atoms with E-state index in [9.17, 15) is 4.79 Å². The first-order chi connectivity index (χ1) is 10.6. The Morgan fingerprint density at radius 3 is 2.91 bits per heavy atom. The van der Waals surface area contributed by atoms with Gasteiger partial charge >= 0.3 is 0 Å². The van der Waals surface area contributed by atoms with Crippen LogP contribution in [0.4, 0.5) is 17.1 Å². The number of carbonyl (C=O) groups excluding carboxylic acids is 1. The second-order valence-electron chi connectivity index (χ2n) is 5.99. The van der Waals surface area contributed by atoms with Gasteiger partial charge in [0.05, 0.1) is 11.4 Å². The largest absolute Gasteiger partial charge is 0.397 e. The average Bonchev–Trinajstić information content (AvgIpc) is 2.46. The Morgan fingerprint density at radius 2 is 2.18 bits per heavy atom. The molecule has 3 N–H and O–H groups in total. The van der Waals surface area contributed by atoms with Gasteiger partial charge in [0.1, 0.15) is 0 Å². The fourth-order valence-electron chi connectivity index (χ4n) is 2.69. The van der Waals surface area contributed by atoms with E-state index in [-0.39, 0.29) is 5.91 Å². The third-order valence-electron chi connectivity index (χ3n) is 4.30. The normalized spacial score (nSPS) is 19.1. The van der Waals surface area contributed by atoms with Gasteiger partial charge in [0.2, 0.25) is 5.91 Å². The topological polar surface area (TPSA) is 67.6 Å². The van der Waals surface area contributed by atoms with E-state index in [1.54, 1.807) is 18.9 Å². The molecule has 0 bridgehead atoms. The number of nitrogens with one attached hydrogen (secondary N) is 1. The molecular weight excluding hydrogens is 278 g/mol. The first-order valence-electron chi connectivity index (χ1n) is 8.03. The highest BCUT2D eigenvalue weighted by atomic mass is 16.5. The molecule has 5 heteroatoms. The molecule has 22 heavy (non-hydrogen) atoms. The zero-order chi connectivity index (χ0) is 15.9. The van der Waals surface area contributed by atoms with Crippen LogP contribution in [0.15, 0.2) is 18.2 Å². The lowest BCUT2D eigenvalue weighted by molar-refractivity contribution is -0.116. The van der Waals surface area contributed by atoms with E-state index >= 15 is 0 Å². The number of anilines is 3. The standard InChI is InChI=1S/C17H27N3O2/c1-13(21)20(2)15-6-7-17(16(18)11-15)19-12-14-5-3-4-9-22-10-8-14/h6-7,11,14,19H,3-5,8-10,12,18H2,1-2H3. The summed E-state index contributed by atoms with van der Waals surface area (Å²) in [5, 5.41) is 3.44. The van der Waals surface area contributed by atoms with E-state index in [0.717, 1.165) is 44.0 Å². The molecule has 0 spiro atoms. The Bertz CT molecular complexity index is 497. The van der Waals surface area contributed by atoms with Gasteiger partial charge in [0.15, 0.2) is 0 Å². The second kappa shape index (κ2) is 8.03. The van der Waals surface area contributed by atoms with Crippen LogP contribution in [0, 0.1) is 5.92 Å². The van der Waals surface area contributed by atoms with E-state index < -0.39 is 0 Å². The van der Waals surface area contributed by atoms with Crippen molar-refractivity contribution in [2.75, 3.05) is 42.8 Å². The summed E-state index contributed by atoms with van der Waals surface area (Å²) in [6, 6.07) is 5.70. The summed E-state index contributed by atoms with van der Waals surface area (Å²) in [5.41, 5.74) is 8.53. The van der Waals surface area contributed by atoms with Gasteiger partial charge in [0, 0.05) is 39.4 Å². The van der Waals surface area contributed by atoms with Crippen LogP contribution >= 0.6 is 0 Å². The number of nitrogens with two attached hydrogens (primary N) is 1. The van der Waals surface area contributed by atoms with Crippen molar-refractivity contribution in [1.82, 2.24) is 0 Å². The van der Waals surface area contributed by atoms with Crippen molar-refractivity contribution in [2.24, 2.45) is 5.92 Å². The number of benzene rings is 1. The van der Waals surface area contributed by atoms with Crippen LogP contribution in [0.2, 0.25) is 0 Å². The van der Waals surface area contributed by atoms with Crippen LogP contribution in [0.3, 0.4) is 0 Å². The van der Waals surface area contributed by atoms with E-state index in [1.165, 1.54) is 12.8 Å². The second-order valence-corrected chi connectivity index (χ2v) is 5.99. The van der Waals surface area contributed by atoms with Gasteiger partial charge in [-0.25, -0.2) is 0 Å². The van der Waals surface area contributed by atoms with Crippen molar-refractivity contribution in [3.05, 3.63) is 18.2 Å². The Labute approximate surface area is 132 Å². The smallest absolute Gasteiger partial charge is 0.223 e. The van der Waals surface area contributed by atoms with Crippen molar-refractivity contribution >= 4 is 23.0 Å². The van der Waals surface area contributed by atoms with Crippen LogP contribution in [0.1, 0.15) is 32.6 Å². The van der Waals surface area contributed by atoms with Gasteiger partial charge in [-0.1, -0.05) is 6.42 Å². The first-order valence-corrected chi connectivity index (χ1v) is 8.03. The molecule has 0 saturated carbocycles. The highest BCUT2D eigenvalue weighted by Gasteiger charge is 2.13. The third kappa shape index (κ3) is 4.63. The van der Waals surface area contributed by atoms with Crippen LogP contribution in [0.25, 0.3) is 0 Å². The predicted molar refractivity (Wildman–Crippen MR) is 91.2 cm³/mol. The zero-order valence-corrected chi connectivity index (χ0v) is 13.6. The maximum atomic E-state index is 11.4. The fraction of sp³-hybridized carbons (Fsp3) is 0.588. The Kier molecular flexibility index (Phi) is 6.07. The summed E-state index contributed by atoms with van der Waals surface area (Å²) in [4.78, 5) is 13.0. The van der Waals surface area contributed by atoms with E-state index in [0.29, 0.717) is 11.6 Å². The molecular formula is C17H27N3O2. The molecule has 0 aromatic heterocycles. The minimum atomic E-state index is -0.00497. The number of nitrogen functional groups attached to an aromatic ring is 1. The van der Waals surface area contributed by atoms with Crippen molar-refractivity contribution in [2.45, 2.75) is 32.6 Å². The maximum absolute atomic E-state index is 11.4. The molecule has 5 nitrogen and oxygen atoms in total. The monoisotopic (exact) mass is 305 g/mol. The van der Waals surface area contributed by atoms with Gasteiger partial charge < -0.3 is 20.7 Å². The Morgan fingerprint density at radius 1 is 1.36 bits per heavy atom. The molecule has 2 rings (SSSR count). The minimum absolute atomic E-state index is 0.00497. The number of carbonyl (C=O) groups is 1. The van der Waals surface area contributed by atoms with E-state index in [4.69, 9.17) is 10.5 Å². The zero-order valence-electron chi connectivity index (χ0n) is 13.6. The summed E-state index contributed by atoms with van der Waals surface area (Å²) < 4.78 is 5.56. The van der Waals surface area contributed by atoms with Crippen LogP contribution in [-0.2, 0) is 9.53 Å². The molecule has 1 fully saturated rings. The molecule has 1 atom stereocenters. The van der Waals surface area contributed by atoms with Crippen LogP contribution in [-0.4, -0.2) is 32.7 Å². The average molecular weight is 305 g/mol. The number of ether oxygens (including phenoxy) is 1. The van der Waals surface area contributed by atoms with Gasteiger partial charge in [-0.3, -0.25) is 4.79 Å². The molecule has 1 aliphatic rings. The number of hydrogen-bond donors (Lipinski definition) is 2. The quantitative estimate of drug-likeness (QED) is 0.839. The number of nitrogens with zero attached hydrogens (tertiary/aromatic N) is 1. The SMILES string of the molecule is CC(=O)N(C)c1ccc(NCC2CCCCOCC2)c(N)c1. The van der Waals surface area contributed by atoms with Crippen LogP contribution in [0.5, 0.6) is 0 Å². The maximum Gasteiger partial charge on any atom is 0.223 e. The summed E-state index contributed by atoms with van der Waals surface area (Å²) in [5.74, 6) is 0.619. The molecule has 1 aromatic rings. The highest BCUT2D eigenvalue weighted by molar-refractivity contribution is 5.92. The summed E-state index contributed by atoms with van der Waals surface area (Å²) >= 11 is 0. The van der Waals surface area contributed by atoms with Gasteiger partial charge in [-0.2, -0.15) is 0 Å². The van der Waals surface area contributed by atoms with Crippen molar-refractivity contribution < 1.29 is 9.53 Å².